The normalized spacial score (nSPS) is 10.7. The SMILES string of the molecule is CC(=O)Oc1c(O)c2ccc(Oc3ccccc3Cl)cc2n(C)c1=O. The second-order valence-electron chi connectivity index (χ2n) is 5.35. The first kappa shape index (κ1) is 16.9. The Morgan fingerprint density at radius 2 is 1.92 bits per heavy atom. The zero-order valence-corrected chi connectivity index (χ0v) is 14.2. The summed E-state index contributed by atoms with van der Waals surface area (Å²) >= 11 is 6.07. The molecule has 0 spiro atoms. The van der Waals surface area contributed by atoms with Gasteiger partial charge in [0.2, 0.25) is 5.75 Å². The lowest BCUT2D eigenvalue weighted by Crippen LogP contribution is -2.21. The molecule has 0 radical (unpaired) electrons. The number of carbonyl (C=O) groups excluding carboxylic acids is 1. The van der Waals surface area contributed by atoms with Gasteiger partial charge in [-0.3, -0.25) is 9.59 Å². The number of fused-ring (bicyclic) bond motifs is 1. The number of aryl methyl sites for hydroxylation is 1. The number of carbonyl (C=O) groups is 1. The molecule has 7 heteroatoms. The highest BCUT2D eigenvalue weighted by atomic mass is 35.5. The lowest BCUT2D eigenvalue weighted by Gasteiger charge is -2.13. The predicted octanol–water partition coefficient (Wildman–Crippen LogP) is 3.62. The van der Waals surface area contributed by atoms with Crippen LogP contribution in [0.1, 0.15) is 6.92 Å². The van der Waals surface area contributed by atoms with Gasteiger partial charge in [-0.1, -0.05) is 23.7 Å². The molecule has 1 heterocycles. The quantitative estimate of drug-likeness (QED) is 0.723. The lowest BCUT2D eigenvalue weighted by molar-refractivity contribution is -0.132. The number of rotatable bonds is 3. The average molecular weight is 360 g/mol. The molecule has 0 amide bonds. The van der Waals surface area contributed by atoms with Crippen LogP contribution in [0.25, 0.3) is 10.9 Å². The van der Waals surface area contributed by atoms with Crippen molar-refractivity contribution in [2.45, 2.75) is 6.92 Å². The summed E-state index contributed by atoms with van der Waals surface area (Å²) in [6.07, 6.45) is 0. The zero-order chi connectivity index (χ0) is 18.1. The molecule has 0 atom stereocenters. The van der Waals surface area contributed by atoms with Crippen molar-refractivity contribution >= 4 is 28.5 Å². The molecule has 128 valence electrons. The minimum atomic E-state index is -0.689. The molecule has 1 aromatic heterocycles. The molecule has 25 heavy (non-hydrogen) atoms. The fourth-order valence-corrected chi connectivity index (χ4v) is 2.60. The highest BCUT2D eigenvalue weighted by Gasteiger charge is 2.18. The summed E-state index contributed by atoms with van der Waals surface area (Å²) in [6, 6.07) is 11.8. The second kappa shape index (κ2) is 6.49. The van der Waals surface area contributed by atoms with Crippen LogP contribution in [0, 0.1) is 0 Å². The summed E-state index contributed by atoms with van der Waals surface area (Å²) in [4.78, 5) is 23.5. The first-order valence-corrected chi connectivity index (χ1v) is 7.73. The van der Waals surface area contributed by atoms with Gasteiger partial charge in [-0.05, 0) is 24.3 Å². The minimum absolute atomic E-state index is 0.352. The Kier molecular flexibility index (Phi) is 4.37. The summed E-state index contributed by atoms with van der Waals surface area (Å²) < 4.78 is 11.8. The summed E-state index contributed by atoms with van der Waals surface area (Å²) in [5, 5.41) is 11.1. The average Bonchev–Trinajstić information content (AvgIpc) is 2.58. The fraction of sp³-hybridized carbons (Fsp3) is 0.111. The van der Waals surface area contributed by atoms with E-state index < -0.39 is 23.0 Å². The van der Waals surface area contributed by atoms with E-state index in [1.54, 1.807) is 42.5 Å². The molecular weight excluding hydrogens is 346 g/mol. The molecule has 0 unspecified atom stereocenters. The van der Waals surface area contributed by atoms with Crippen LogP contribution < -0.4 is 15.0 Å². The summed E-state index contributed by atoms with van der Waals surface area (Å²) in [5.41, 5.74) is -0.210. The first-order chi connectivity index (χ1) is 11.9. The number of aromatic nitrogens is 1. The van der Waals surface area contributed by atoms with Crippen molar-refractivity contribution in [3.63, 3.8) is 0 Å². The van der Waals surface area contributed by atoms with Crippen LogP contribution in [0.3, 0.4) is 0 Å². The Morgan fingerprint density at radius 1 is 1.20 bits per heavy atom. The Bertz CT molecular complexity index is 1040. The van der Waals surface area contributed by atoms with E-state index in [4.69, 9.17) is 21.1 Å². The molecule has 2 aromatic carbocycles. The van der Waals surface area contributed by atoms with Crippen LogP contribution in [0.5, 0.6) is 23.0 Å². The summed E-state index contributed by atoms with van der Waals surface area (Å²) in [5.74, 6) is -0.574. The van der Waals surface area contributed by atoms with Crippen molar-refractivity contribution in [1.29, 1.82) is 0 Å². The zero-order valence-electron chi connectivity index (χ0n) is 13.4. The minimum Gasteiger partial charge on any atom is -0.504 e. The van der Waals surface area contributed by atoms with Crippen LogP contribution in [0.4, 0.5) is 0 Å². The van der Waals surface area contributed by atoms with Crippen LogP contribution >= 0.6 is 11.6 Å². The Labute approximate surface area is 147 Å². The van der Waals surface area contributed by atoms with E-state index in [9.17, 15) is 14.7 Å². The first-order valence-electron chi connectivity index (χ1n) is 7.35. The van der Waals surface area contributed by atoms with Crippen molar-refractivity contribution in [2.75, 3.05) is 0 Å². The third-order valence-corrected chi connectivity index (χ3v) is 3.92. The van der Waals surface area contributed by atoms with E-state index in [1.165, 1.54) is 11.6 Å². The molecular formula is C18H14ClNO5. The highest BCUT2D eigenvalue weighted by Crippen LogP contribution is 2.35. The number of benzene rings is 2. The third kappa shape index (κ3) is 3.16. The van der Waals surface area contributed by atoms with Gasteiger partial charge in [0.15, 0.2) is 5.75 Å². The van der Waals surface area contributed by atoms with E-state index in [0.29, 0.717) is 27.4 Å². The molecule has 0 saturated carbocycles. The van der Waals surface area contributed by atoms with Gasteiger partial charge in [-0.25, -0.2) is 0 Å². The van der Waals surface area contributed by atoms with Gasteiger partial charge in [0, 0.05) is 25.4 Å². The number of esters is 1. The number of pyridine rings is 1. The number of ether oxygens (including phenoxy) is 2. The summed E-state index contributed by atoms with van der Waals surface area (Å²) in [6.45, 7) is 1.16. The van der Waals surface area contributed by atoms with E-state index in [1.807, 2.05) is 0 Å². The van der Waals surface area contributed by atoms with Crippen molar-refractivity contribution in [2.24, 2.45) is 7.05 Å². The van der Waals surface area contributed by atoms with Gasteiger partial charge in [-0.2, -0.15) is 0 Å². The number of aromatic hydroxyl groups is 1. The van der Waals surface area contributed by atoms with Gasteiger partial charge >= 0.3 is 5.97 Å². The van der Waals surface area contributed by atoms with Crippen LogP contribution in [-0.4, -0.2) is 15.6 Å². The number of nitrogens with zero attached hydrogens (tertiary/aromatic N) is 1. The molecule has 0 bridgehead atoms. The topological polar surface area (TPSA) is 77.8 Å². The van der Waals surface area contributed by atoms with E-state index in [2.05, 4.69) is 0 Å². The number of hydrogen-bond acceptors (Lipinski definition) is 5. The smallest absolute Gasteiger partial charge is 0.308 e. The van der Waals surface area contributed by atoms with E-state index in [-0.39, 0.29) is 0 Å². The Morgan fingerprint density at radius 3 is 2.60 bits per heavy atom. The molecule has 0 saturated heterocycles. The molecule has 1 N–H and O–H groups in total. The monoisotopic (exact) mass is 359 g/mol. The van der Waals surface area contributed by atoms with Gasteiger partial charge in [0.1, 0.15) is 11.5 Å². The molecule has 3 aromatic rings. The van der Waals surface area contributed by atoms with Crippen molar-refractivity contribution in [3.8, 4) is 23.0 Å². The third-order valence-electron chi connectivity index (χ3n) is 3.61. The Hall–Kier alpha value is -2.99. The van der Waals surface area contributed by atoms with Crippen LogP contribution in [-0.2, 0) is 11.8 Å². The van der Waals surface area contributed by atoms with Crippen molar-refractivity contribution in [1.82, 2.24) is 4.57 Å². The maximum atomic E-state index is 12.3. The molecule has 0 aliphatic heterocycles. The van der Waals surface area contributed by atoms with Gasteiger partial charge < -0.3 is 19.1 Å². The van der Waals surface area contributed by atoms with Gasteiger partial charge in [0.25, 0.3) is 5.56 Å². The van der Waals surface area contributed by atoms with Gasteiger partial charge in [-0.15, -0.1) is 0 Å². The Balaban J connectivity index is 2.12. The summed E-state index contributed by atoms with van der Waals surface area (Å²) in [7, 11) is 1.51. The van der Waals surface area contributed by atoms with Crippen molar-refractivity contribution < 1.29 is 19.4 Å². The molecule has 6 nitrogen and oxygen atoms in total. The lowest BCUT2D eigenvalue weighted by atomic mass is 10.1. The maximum absolute atomic E-state index is 12.3. The number of hydrogen-bond donors (Lipinski definition) is 1. The number of para-hydroxylation sites is 1. The molecule has 3 rings (SSSR count). The van der Waals surface area contributed by atoms with E-state index >= 15 is 0 Å². The van der Waals surface area contributed by atoms with Crippen molar-refractivity contribution in [3.05, 3.63) is 57.8 Å². The molecule has 0 aliphatic rings. The standard InChI is InChI=1S/C18H14ClNO5/c1-10(21)24-17-16(22)12-8-7-11(9-14(12)20(2)18(17)23)25-15-6-4-3-5-13(15)19/h3-9,22H,1-2H3. The fourth-order valence-electron chi connectivity index (χ4n) is 2.43. The number of halogens is 1. The van der Waals surface area contributed by atoms with Crippen LogP contribution in [0.15, 0.2) is 47.3 Å². The van der Waals surface area contributed by atoms with Crippen LogP contribution in [0.2, 0.25) is 5.02 Å². The van der Waals surface area contributed by atoms with Gasteiger partial charge in [0.05, 0.1) is 10.5 Å². The maximum Gasteiger partial charge on any atom is 0.308 e. The molecule has 0 aliphatic carbocycles. The molecule has 0 fully saturated rings. The predicted molar refractivity (Wildman–Crippen MR) is 93.7 cm³/mol. The highest BCUT2D eigenvalue weighted by molar-refractivity contribution is 6.32. The second-order valence-corrected chi connectivity index (χ2v) is 5.75. The largest absolute Gasteiger partial charge is 0.504 e. The van der Waals surface area contributed by atoms with E-state index in [0.717, 1.165) is 6.92 Å².